The normalized spacial score (nSPS) is 29.7. The second-order valence-corrected chi connectivity index (χ2v) is 6.92. The van der Waals surface area contributed by atoms with Gasteiger partial charge in [-0.25, -0.2) is 4.98 Å². The summed E-state index contributed by atoms with van der Waals surface area (Å²) in [6, 6.07) is 0. The lowest BCUT2D eigenvalue weighted by molar-refractivity contribution is -0.0505. The lowest BCUT2D eigenvalue weighted by Gasteiger charge is -2.34. The van der Waals surface area contributed by atoms with Gasteiger partial charge in [-0.15, -0.1) is 0 Å². The maximum absolute atomic E-state index is 12.3. The Balaban J connectivity index is 1.86. The molecule has 0 bridgehead atoms. The van der Waals surface area contributed by atoms with E-state index >= 15 is 0 Å². The van der Waals surface area contributed by atoms with Crippen LogP contribution in [0.4, 0.5) is 11.9 Å². The predicted octanol–water partition coefficient (Wildman–Crippen LogP) is -2.93. The number of hydrogen-bond donors (Lipinski definition) is 5. The summed E-state index contributed by atoms with van der Waals surface area (Å²) >= 11 is 0. The summed E-state index contributed by atoms with van der Waals surface area (Å²) in [7, 11) is 2.01. The Morgan fingerprint density at radius 3 is 2.56 bits per heavy atom. The van der Waals surface area contributed by atoms with Crippen molar-refractivity contribution in [3.05, 3.63) is 10.4 Å². The zero-order valence-corrected chi connectivity index (χ0v) is 14.8. The fourth-order valence-corrected chi connectivity index (χ4v) is 3.55. The van der Waals surface area contributed by atoms with Gasteiger partial charge in [0, 0.05) is 26.2 Å². The molecule has 0 unspecified atom stereocenters. The number of nitrogens with one attached hydrogen (secondary N) is 1. The van der Waals surface area contributed by atoms with Crippen LogP contribution in [-0.4, -0.2) is 97.9 Å². The third-order valence-electron chi connectivity index (χ3n) is 5.11. The Bertz CT molecular complexity index is 891. The molecule has 0 radical (unpaired) electrons. The van der Waals surface area contributed by atoms with Crippen LogP contribution in [0.5, 0.6) is 0 Å². The number of aliphatic hydroxyl groups excluding tert-OH is 3. The molecule has 6 N–H and O–H groups in total. The highest BCUT2D eigenvalue weighted by molar-refractivity contribution is 5.75. The molecule has 0 amide bonds. The van der Waals surface area contributed by atoms with Crippen LogP contribution in [-0.2, 0) is 4.74 Å². The molecule has 2 saturated heterocycles. The Morgan fingerprint density at radius 1 is 1.22 bits per heavy atom. The van der Waals surface area contributed by atoms with Crippen molar-refractivity contribution in [1.82, 2.24) is 24.4 Å². The summed E-state index contributed by atoms with van der Waals surface area (Å²) in [5.74, 6) is 0.307. The van der Waals surface area contributed by atoms with Gasteiger partial charge in [0.1, 0.15) is 18.3 Å². The van der Waals surface area contributed by atoms with E-state index in [1.807, 2.05) is 11.9 Å². The quantitative estimate of drug-likeness (QED) is 0.371. The number of likely N-dealkylation sites (N-methyl/N-ethyl adjacent to an activating group) is 1. The van der Waals surface area contributed by atoms with E-state index in [1.54, 1.807) is 0 Å². The number of imidazole rings is 1. The smallest absolute Gasteiger partial charge is 0.280 e. The molecule has 0 aliphatic carbocycles. The summed E-state index contributed by atoms with van der Waals surface area (Å²) in [5.41, 5.74) is 5.41. The molecule has 4 heterocycles. The van der Waals surface area contributed by atoms with E-state index in [2.05, 4.69) is 19.9 Å². The van der Waals surface area contributed by atoms with E-state index in [0.29, 0.717) is 19.0 Å². The fraction of sp³-hybridized carbons (Fsp3) is 0.667. The largest absolute Gasteiger partial charge is 0.394 e. The van der Waals surface area contributed by atoms with E-state index in [1.165, 1.54) is 4.57 Å². The van der Waals surface area contributed by atoms with Gasteiger partial charge in [0.05, 0.1) is 6.61 Å². The molecule has 0 spiro atoms. The Hall–Kier alpha value is -2.25. The summed E-state index contributed by atoms with van der Waals surface area (Å²) in [6.07, 6.45) is -4.63. The first-order valence-corrected chi connectivity index (χ1v) is 8.74. The number of hydrogen-bond acceptors (Lipinski definition) is 10. The maximum atomic E-state index is 12.3. The third kappa shape index (κ3) is 2.95. The van der Waals surface area contributed by atoms with E-state index < -0.39 is 36.7 Å². The average Bonchev–Trinajstić information content (AvgIpc) is 3.14. The topological polar surface area (TPSA) is 166 Å². The molecule has 12 heteroatoms. The van der Waals surface area contributed by atoms with Crippen LogP contribution in [0.2, 0.25) is 0 Å². The first-order valence-electron chi connectivity index (χ1n) is 8.74. The molecule has 0 saturated carbocycles. The lowest BCUT2D eigenvalue weighted by Crippen LogP contribution is -2.46. The van der Waals surface area contributed by atoms with Crippen LogP contribution >= 0.6 is 0 Å². The molecule has 2 aromatic heterocycles. The highest BCUT2D eigenvalue weighted by Gasteiger charge is 2.45. The summed E-state index contributed by atoms with van der Waals surface area (Å²) < 4.78 is 7.14. The van der Waals surface area contributed by atoms with Crippen molar-refractivity contribution < 1.29 is 20.1 Å². The number of aliphatic hydroxyl groups is 3. The highest BCUT2D eigenvalue weighted by Crippen LogP contribution is 2.35. The van der Waals surface area contributed by atoms with Crippen LogP contribution in [0.3, 0.4) is 0 Å². The zero-order valence-electron chi connectivity index (χ0n) is 14.8. The van der Waals surface area contributed by atoms with Crippen molar-refractivity contribution in [3.8, 4) is 0 Å². The van der Waals surface area contributed by atoms with Crippen LogP contribution < -0.4 is 16.2 Å². The third-order valence-corrected chi connectivity index (χ3v) is 5.11. The van der Waals surface area contributed by atoms with E-state index in [-0.39, 0.29) is 17.1 Å². The lowest BCUT2D eigenvalue weighted by atomic mass is 10.1. The number of nitrogens with two attached hydrogens (primary N) is 1. The van der Waals surface area contributed by atoms with Crippen molar-refractivity contribution in [3.63, 3.8) is 0 Å². The number of H-pyrrole nitrogens is 1. The second kappa shape index (κ2) is 6.73. The van der Waals surface area contributed by atoms with Crippen molar-refractivity contribution in [2.75, 3.05) is 50.5 Å². The number of piperazine rings is 1. The van der Waals surface area contributed by atoms with Crippen LogP contribution in [0.1, 0.15) is 6.23 Å². The van der Waals surface area contributed by atoms with Crippen molar-refractivity contribution in [1.29, 1.82) is 0 Å². The molecule has 0 aromatic carbocycles. The number of aromatic nitrogens is 4. The molecule has 2 aliphatic heterocycles. The molecule has 2 aromatic rings. The minimum absolute atomic E-state index is 0.0656. The van der Waals surface area contributed by atoms with Crippen LogP contribution in [0, 0.1) is 0 Å². The number of nitrogens with zero attached hydrogens (tertiary/aromatic N) is 5. The molecule has 2 aliphatic rings. The van der Waals surface area contributed by atoms with E-state index in [4.69, 9.17) is 10.5 Å². The van der Waals surface area contributed by atoms with E-state index in [0.717, 1.165) is 13.1 Å². The van der Waals surface area contributed by atoms with Gasteiger partial charge in [0.2, 0.25) is 11.9 Å². The van der Waals surface area contributed by atoms with Gasteiger partial charge in [-0.05, 0) is 7.05 Å². The summed E-state index contributed by atoms with van der Waals surface area (Å²) in [4.78, 5) is 27.5. The Morgan fingerprint density at radius 2 is 1.93 bits per heavy atom. The van der Waals surface area contributed by atoms with Gasteiger partial charge in [-0.3, -0.25) is 14.3 Å². The Labute approximate surface area is 153 Å². The molecule has 148 valence electrons. The number of fused-ring (bicyclic) bond motifs is 1. The molecular weight excluding hydrogens is 358 g/mol. The van der Waals surface area contributed by atoms with Crippen LogP contribution in [0.15, 0.2) is 4.79 Å². The van der Waals surface area contributed by atoms with Crippen molar-refractivity contribution in [2.45, 2.75) is 24.5 Å². The van der Waals surface area contributed by atoms with Gasteiger partial charge in [-0.2, -0.15) is 4.98 Å². The maximum Gasteiger partial charge on any atom is 0.280 e. The molecule has 12 nitrogen and oxygen atoms in total. The second-order valence-electron chi connectivity index (χ2n) is 6.92. The summed E-state index contributed by atoms with van der Waals surface area (Å²) in [5, 5.41) is 30.0. The zero-order chi connectivity index (χ0) is 19.3. The minimum atomic E-state index is -1.33. The number of nitrogen functional groups attached to an aromatic ring is 1. The number of ether oxygens (including phenoxy) is 1. The SMILES string of the molecule is CN1CCN(c2nc3c(=O)[nH]c(N)nc3n2[C@@H]2O[C@@H](CO)[C@H](O)[C@@H]2O)CC1. The van der Waals surface area contributed by atoms with E-state index in [9.17, 15) is 20.1 Å². The first-order chi connectivity index (χ1) is 12.9. The van der Waals surface area contributed by atoms with Crippen molar-refractivity contribution in [2.24, 2.45) is 0 Å². The standard InChI is InChI=1S/C15H23N7O5/c1-20-2-4-21(5-3-20)15-17-8-11(18-14(16)19-12(8)26)22(15)13-10(25)9(24)7(6-23)27-13/h7,9-10,13,23-25H,2-6H2,1H3,(H3,16,18,19,26)/t7-,9-,10-,13+/m0/s1. The van der Waals surface area contributed by atoms with Gasteiger partial charge < -0.3 is 35.6 Å². The van der Waals surface area contributed by atoms with Gasteiger partial charge in [0.15, 0.2) is 17.4 Å². The van der Waals surface area contributed by atoms with Crippen LogP contribution in [0.25, 0.3) is 11.2 Å². The van der Waals surface area contributed by atoms with Gasteiger partial charge in [0.25, 0.3) is 5.56 Å². The molecule has 2 fully saturated rings. The first kappa shape index (κ1) is 18.1. The minimum Gasteiger partial charge on any atom is -0.394 e. The van der Waals surface area contributed by atoms with Crippen molar-refractivity contribution >= 4 is 23.1 Å². The molecule has 27 heavy (non-hydrogen) atoms. The predicted molar refractivity (Wildman–Crippen MR) is 95.3 cm³/mol. The summed E-state index contributed by atoms with van der Waals surface area (Å²) in [6.45, 7) is 2.45. The molecular formula is C15H23N7O5. The average molecular weight is 381 g/mol. The molecule has 4 rings (SSSR count). The number of rotatable bonds is 3. The fourth-order valence-electron chi connectivity index (χ4n) is 3.55. The molecule has 4 atom stereocenters. The van der Waals surface area contributed by atoms with Gasteiger partial charge in [-0.1, -0.05) is 0 Å². The van der Waals surface area contributed by atoms with Gasteiger partial charge >= 0.3 is 0 Å². The monoisotopic (exact) mass is 381 g/mol. The highest BCUT2D eigenvalue weighted by atomic mass is 16.6. The number of aromatic amines is 1. The Kier molecular flexibility index (Phi) is 4.52. The number of anilines is 2.